The average Bonchev–Trinajstić information content (AvgIpc) is 3.25. The van der Waals surface area contributed by atoms with Gasteiger partial charge in [0.25, 0.3) is 5.91 Å². The van der Waals surface area contributed by atoms with Crippen molar-refractivity contribution in [2.24, 2.45) is 5.10 Å². The Hall–Kier alpha value is -4.91. The highest BCUT2D eigenvalue weighted by molar-refractivity contribution is 6.09. The maximum Gasteiger partial charge on any atom is 0.337 e. The minimum Gasteiger partial charge on any atom is -0.507 e. The monoisotopic (exact) mass is 477 g/mol. The van der Waals surface area contributed by atoms with E-state index >= 15 is 0 Å². The molecule has 0 saturated heterocycles. The van der Waals surface area contributed by atoms with E-state index in [1.165, 1.54) is 13.2 Å². The molecule has 5 aromatic rings. The van der Waals surface area contributed by atoms with Crippen molar-refractivity contribution >= 4 is 39.8 Å². The number of amides is 1. The minimum absolute atomic E-state index is 0.104. The van der Waals surface area contributed by atoms with Crippen LogP contribution in [-0.2, 0) is 11.3 Å². The van der Waals surface area contributed by atoms with E-state index < -0.39 is 5.91 Å². The van der Waals surface area contributed by atoms with E-state index in [1.807, 2.05) is 66.9 Å². The van der Waals surface area contributed by atoms with Crippen LogP contribution in [-0.4, -0.2) is 34.9 Å². The molecule has 0 aliphatic heterocycles. The fourth-order valence-electron chi connectivity index (χ4n) is 4.34. The van der Waals surface area contributed by atoms with Crippen molar-refractivity contribution in [3.05, 3.63) is 113 Å². The minimum atomic E-state index is -0.496. The number of esters is 1. The zero-order valence-electron chi connectivity index (χ0n) is 19.5. The lowest BCUT2D eigenvalue weighted by Crippen LogP contribution is -2.18. The number of nitrogens with one attached hydrogen (secondary N) is 1. The first-order valence-electron chi connectivity index (χ1n) is 11.3. The van der Waals surface area contributed by atoms with E-state index in [0.717, 1.165) is 27.4 Å². The number of aromatic nitrogens is 1. The number of phenolic OH excluding ortho intramolecular Hbond substituents is 1. The molecule has 1 aromatic heterocycles. The number of ether oxygens (including phenoxy) is 1. The second-order valence-corrected chi connectivity index (χ2v) is 8.30. The molecule has 0 spiro atoms. The molecule has 0 aliphatic rings. The molecule has 2 N–H and O–H groups in total. The summed E-state index contributed by atoms with van der Waals surface area (Å²) in [5, 5.41) is 16.9. The largest absolute Gasteiger partial charge is 0.507 e. The van der Waals surface area contributed by atoms with Crippen molar-refractivity contribution in [3.63, 3.8) is 0 Å². The van der Waals surface area contributed by atoms with Gasteiger partial charge < -0.3 is 14.4 Å². The van der Waals surface area contributed by atoms with Gasteiger partial charge in [0, 0.05) is 29.2 Å². The van der Waals surface area contributed by atoms with E-state index in [0.29, 0.717) is 17.5 Å². The summed E-state index contributed by atoms with van der Waals surface area (Å²) < 4.78 is 6.89. The van der Waals surface area contributed by atoms with Crippen LogP contribution in [0.15, 0.2) is 96.2 Å². The number of hydrazone groups is 1. The molecule has 36 heavy (non-hydrogen) atoms. The molecule has 0 radical (unpaired) electrons. The Morgan fingerprint density at radius 1 is 0.972 bits per heavy atom. The van der Waals surface area contributed by atoms with Gasteiger partial charge in [-0.05, 0) is 40.6 Å². The van der Waals surface area contributed by atoms with Gasteiger partial charge in [-0.3, -0.25) is 4.79 Å². The Balaban J connectivity index is 1.41. The summed E-state index contributed by atoms with van der Waals surface area (Å²) in [4.78, 5) is 24.8. The zero-order chi connectivity index (χ0) is 25.1. The molecule has 0 aliphatic carbocycles. The SMILES string of the molecule is COC(=O)c1cccc(Cn2cc(/C=N/NC(=O)c3c(O)ccc4ccccc34)c3ccccc32)c1. The van der Waals surface area contributed by atoms with E-state index in [-0.39, 0.29) is 17.3 Å². The maximum atomic E-state index is 12.9. The van der Waals surface area contributed by atoms with Gasteiger partial charge in [0.05, 0.1) is 24.5 Å². The molecule has 5 rings (SSSR count). The molecule has 0 atom stereocenters. The van der Waals surface area contributed by atoms with Crippen molar-refractivity contribution in [3.8, 4) is 5.75 Å². The number of para-hydroxylation sites is 1. The van der Waals surface area contributed by atoms with Gasteiger partial charge in [-0.25, -0.2) is 10.2 Å². The summed E-state index contributed by atoms with van der Waals surface area (Å²) in [6.07, 6.45) is 3.53. The number of carbonyl (C=O) groups excluding carboxylic acids is 2. The normalized spacial score (nSPS) is 11.2. The summed E-state index contributed by atoms with van der Waals surface area (Å²) in [6, 6.07) is 25.8. The van der Waals surface area contributed by atoms with Crippen molar-refractivity contribution in [1.82, 2.24) is 9.99 Å². The van der Waals surface area contributed by atoms with Gasteiger partial charge in [-0.1, -0.05) is 60.7 Å². The van der Waals surface area contributed by atoms with Crippen LogP contribution in [0, 0.1) is 0 Å². The fraction of sp³-hybridized carbons (Fsp3) is 0.0690. The number of fused-ring (bicyclic) bond motifs is 2. The molecule has 7 nitrogen and oxygen atoms in total. The number of hydrogen-bond acceptors (Lipinski definition) is 5. The number of rotatable bonds is 6. The first-order chi connectivity index (χ1) is 17.5. The van der Waals surface area contributed by atoms with Gasteiger partial charge in [0.2, 0.25) is 0 Å². The molecule has 178 valence electrons. The number of carbonyl (C=O) groups is 2. The van der Waals surface area contributed by atoms with E-state index in [9.17, 15) is 14.7 Å². The standard InChI is InChI=1S/C29H23N3O4/c1-36-29(35)21-9-6-7-19(15-21)17-32-18-22(23-10-4-5-12-25(23)32)16-30-31-28(34)27-24-11-3-2-8-20(24)13-14-26(27)33/h2-16,18,33H,17H2,1H3,(H,31,34)/b30-16+. The lowest BCUT2D eigenvalue weighted by molar-refractivity contribution is 0.0600. The van der Waals surface area contributed by atoms with Gasteiger partial charge in [0.15, 0.2) is 0 Å². The smallest absolute Gasteiger partial charge is 0.337 e. The summed E-state index contributed by atoms with van der Waals surface area (Å²) in [5.41, 5.74) is 5.96. The van der Waals surface area contributed by atoms with E-state index in [2.05, 4.69) is 15.1 Å². The lowest BCUT2D eigenvalue weighted by Gasteiger charge is -2.07. The maximum absolute atomic E-state index is 12.9. The molecular weight excluding hydrogens is 454 g/mol. The predicted octanol–water partition coefficient (Wildman–Crippen LogP) is 5.10. The molecule has 0 fully saturated rings. The third-order valence-electron chi connectivity index (χ3n) is 6.02. The first-order valence-corrected chi connectivity index (χ1v) is 11.3. The Kier molecular flexibility index (Phi) is 6.19. The molecule has 0 bridgehead atoms. The van der Waals surface area contributed by atoms with Crippen LogP contribution in [0.25, 0.3) is 21.7 Å². The summed E-state index contributed by atoms with van der Waals surface area (Å²) in [5.74, 6) is -0.980. The molecule has 0 saturated carbocycles. The Morgan fingerprint density at radius 3 is 2.58 bits per heavy atom. The Bertz CT molecular complexity index is 1630. The highest BCUT2D eigenvalue weighted by Crippen LogP contribution is 2.27. The number of benzene rings is 4. The number of methoxy groups -OCH3 is 1. The zero-order valence-corrected chi connectivity index (χ0v) is 19.5. The summed E-state index contributed by atoms with van der Waals surface area (Å²) in [6.45, 7) is 0.537. The topological polar surface area (TPSA) is 92.9 Å². The number of hydrogen-bond donors (Lipinski definition) is 2. The van der Waals surface area contributed by atoms with Crippen LogP contribution in [0.4, 0.5) is 0 Å². The van der Waals surface area contributed by atoms with Crippen molar-refractivity contribution < 1.29 is 19.4 Å². The number of nitrogens with zero attached hydrogens (tertiary/aromatic N) is 2. The van der Waals surface area contributed by atoms with Crippen LogP contribution < -0.4 is 5.43 Å². The number of aromatic hydroxyl groups is 1. The van der Waals surface area contributed by atoms with Crippen LogP contribution in [0.3, 0.4) is 0 Å². The van der Waals surface area contributed by atoms with Crippen molar-refractivity contribution in [1.29, 1.82) is 0 Å². The first kappa shape index (κ1) is 22.9. The molecule has 1 amide bonds. The summed E-state index contributed by atoms with van der Waals surface area (Å²) >= 11 is 0. The predicted molar refractivity (Wildman–Crippen MR) is 139 cm³/mol. The average molecular weight is 478 g/mol. The van der Waals surface area contributed by atoms with Crippen LogP contribution in [0.5, 0.6) is 5.75 Å². The molecule has 1 heterocycles. The second kappa shape index (κ2) is 9.76. The highest BCUT2D eigenvalue weighted by atomic mass is 16.5. The van der Waals surface area contributed by atoms with Crippen molar-refractivity contribution in [2.75, 3.05) is 7.11 Å². The van der Waals surface area contributed by atoms with Gasteiger partial charge in [-0.15, -0.1) is 0 Å². The Morgan fingerprint density at radius 2 is 1.75 bits per heavy atom. The van der Waals surface area contributed by atoms with Crippen molar-refractivity contribution in [2.45, 2.75) is 6.54 Å². The highest BCUT2D eigenvalue weighted by Gasteiger charge is 2.15. The fourth-order valence-corrected chi connectivity index (χ4v) is 4.34. The van der Waals surface area contributed by atoms with Gasteiger partial charge >= 0.3 is 5.97 Å². The second-order valence-electron chi connectivity index (χ2n) is 8.30. The van der Waals surface area contributed by atoms with E-state index in [1.54, 1.807) is 24.4 Å². The molecule has 4 aromatic carbocycles. The molecule has 7 heteroatoms. The summed E-state index contributed by atoms with van der Waals surface area (Å²) in [7, 11) is 1.36. The quantitative estimate of drug-likeness (QED) is 0.202. The molecular formula is C29H23N3O4. The van der Waals surface area contributed by atoms with Gasteiger partial charge in [-0.2, -0.15) is 5.10 Å². The number of phenols is 1. The van der Waals surface area contributed by atoms with Crippen LogP contribution in [0.1, 0.15) is 31.8 Å². The van der Waals surface area contributed by atoms with Gasteiger partial charge in [0.1, 0.15) is 5.75 Å². The molecule has 0 unspecified atom stereocenters. The Labute approximate surface area is 207 Å². The van der Waals surface area contributed by atoms with E-state index in [4.69, 9.17) is 4.74 Å². The van der Waals surface area contributed by atoms with Crippen LogP contribution >= 0.6 is 0 Å². The lowest BCUT2D eigenvalue weighted by atomic mass is 10.0. The third-order valence-corrected chi connectivity index (χ3v) is 6.02. The van der Waals surface area contributed by atoms with Crippen LogP contribution in [0.2, 0.25) is 0 Å². The third kappa shape index (κ3) is 4.42.